The van der Waals surface area contributed by atoms with E-state index in [0.717, 1.165) is 5.69 Å². The summed E-state index contributed by atoms with van der Waals surface area (Å²) in [6.45, 7) is 1.81. The van der Waals surface area contributed by atoms with E-state index < -0.39 is 5.97 Å². The average Bonchev–Trinajstić information content (AvgIpc) is 2.90. The molecule has 0 atom stereocenters. The fourth-order valence-electron chi connectivity index (χ4n) is 2.37. The van der Waals surface area contributed by atoms with Gasteiger partial charge in [-0.1, -0.05) is 41.4 Å². The molecule has 2 aromatic carbocycles. The molecule has 0 bridgehead atoms. The van der Waals surface area contributed by atoms with Crippen LogP contribution in [0.4, 0.5) is 5.69 Å². The van der Waals surface area contributed by atoms with Crippen LogP contribution in [0.25, 0.3) is 5.69 Å². The van der Waals surface area contributed by atoms with Gasteiger partial charge in [0.25, 0.3) is 0 Å². The van der Waals surface area contributed by atoms with Gasteiger partial charge in [0, 0.05) is 5.02 Å². The summed E-state index contributed by atoms with van der Waals surface area (Å²) >= 11 is 12.4. The number of rotatable bonds is 5. The summed E-state index contributed by atoms with van der Waals surface area (Å²) in [7, 11) is 0. The molecule has 26 heavy (non-hydrogen) atoms. The number of nitrogens with one attached hydrogen (secondary N) is 1. The van der Waals surface area contributed by atoms with Crippen LogP contribution in [-0.4, -0.2) is 27.1 Å². The van der Waals surface area contributed by atoms with Crippen LogP contribution in [0.2, 0.25) is 10.2 Å². The van der Waals surface area contributed by atoms with Gasteiger partial charge in [-0.05, 0) is 37.3 Å². The Hall–Kier alpha value is -2.83. The molecule has 0 spiro atoms. The average molecular weight is 389 g/mol. The summed E-state index contributed by atoms with van der Waals surface area (Å²) in [5.41, 5.74) is 5.26. The number of para-hydroxylation sites is 1. The maximum Gasteiger partial charge on any atom is 0.337 e. The maximum absolute atomic E-state index is 11.2. The minimum atomic E-state index is -1.04. The van der Waals surface area contributed by atoms with Gasteiger partial charge in [0.15, 0.2) is 0 Å². The van der Waals surface area contributed by atoms with E-state index in [1.165, 1.54) is 12.3 Å². The number of aromatic carboxylic acids is 1. The highest BCUT2D eigenvalue weighted by Gasteiger charge is 2.14. The quantitative estimate of drug-likeness (QED) is 0.493. The zero-order chi connectivity index (χ0) is 18.7. The number of aryl methyl sites for hydroxylation is 1. The van der Waals surface area contributed by atoms with Crippen LogP contribution in [0.5, 0.6) is 0 Å². The van der Waals surface area contributed by atoms with Gasteiger partial charge in [0.05, 0.1) is 34.4 Å². The van der Waals surface area contributed by atoms with E-state index in [1.54, 1.807) is 41.9 Å². The first kappa shape index (κ1) is 18.0. The summed E-state index contributed by atoms with van der Waals surface area (Å²) in [4.78, 5) is 11.2. The Morgan fingerprint density at radius 1 is 1.23 bits per heavy atom. The van der Waals surface area contributed by atoms with Gasteiger partial charge in [-0.25, -0.2) is 9.48 Å². The second-order valence-corrected chi connectivity index (χ2v) is 6.20. The number of carboxylic acids is 1. The number of aromatic nitrogens is 2. The fourth-order valence-corrected chi connectivity index (χ4v) is 2.88. The van der Waals surface area contributed by atoms with Crippen molar-refractivity contribution in [3.63, 3.8) is 0 Å². The van der Waals surface area contributed by atoms with Crippen LogP contribution >= 0.6 is 23.2 Å². The summed E-state index contributed by atoms with van der Waals surface area (Å²) in [6.07, 6.45) is 1.50. The molecule has 0 saturated heterocycles. The predicted octanol–water partition coefficient (Wildman–Crippen LogP) is 4.63. The molecule has 3 rings (SSSR count). The highest BCUT2D eigenvalue weighted by molar-refractivity contribution is 6.32. The first-order valence-electron chi connectivity index (χ1n) is 7.60. The number of hydrazone groups is 1. The van der Waals surface area contributed by atoms with E-state index in [2.05, 4.69) is 15.6 Å². The fraction of sp³-hybridized carbons (Fsp3) is 0.0556. The zero-order valence-electron chi connectivity index (χ0n) is 13.6. The number of carbonyl (C=O) groups is 1. The van der Waals surface area contributed by atoms with Crippen LogP contribution in [0.1, 0.15) is 21.6 Å². The Bertz CT molecular complexity index is 999. The number of carboxylic acid groups (broad SMARTS) is 1. The van der Waals surface area contributed by atoms with Gasteiger partial charge in [0.1, 0.15) is 5.15 Å². The van der Waals surface area contributed by atoms with Crippen molar-refractivity contribution in [3.8, 4) is 5.69 Å². The number of nitrogens with zero attached hydrogens (tertiary/aromatic N) is 3. The minimum Gasteiger partial charge on any atom is -0.478 e. The van der Waals surface area contributed by atoms with Crippen molar-refractivity contribution in [3.05, 3.63) is 75.5 Å². The molecule has 132 valence electrons. The molecule has 0 radical (unpaired) electrons. The van der Waals surface area contributed by atoms with Crippen molar-refractivity contribution in [1.82, 2.24) is 9.78 Å². The molecule has 0 aliphatic rings. The molecule has 3 aromatic rings. The smallest absolute Gasteiger partial charge is 0.337 e. The van der Waals surface area contributed by atoms with E-state index in [4.69, 9.17) is 23.2 Å². The van der Waals surface area contributed by atoms with Crippen LogP contribution < -0.4 is 5.43 Å². The third kappa shape index (κ3) is 3.71. The van der Waals surface area contributed by atoms with Gasteiger partial charge < -0.3 is 5.11 Å². The van der Waals surface area contributed by atoms with Gasteiger partial charge in [0.2, 0.25) is 0 Å². The third-order valence-electron chi connectivity index (χ3n) is 3.64. The number of halogens is 2. The number of hydrogen-bond donors (Lipinski definition) is 2. The van der Waals surface area contributed by atoms with Gasteiger partial charge in [-0.15, -0.1) is 0 Å². The molecule has 0 unspecified atom stereocenters. The molecule has 0 saturated carbocycles. The number of hydrogen-bond acceptors (Lipinski definition) is 4. The lowest BCUT2D eigenvalue weighted by Gasteiger charge is -2.04. The largest absolute Gasteiger partial charge is 0.478 e. The van der Waals surface area contributed by atoms with Crippen molar-refractivity contribution < 1.29 is 9.90 Å². The topological polar surface area (TPSA) is 79.5 Å². The Morgan fingerprint density at radius 2 is 2.00 bits per heavy atom. The SMILES string of the molecule is Cc1nn(-c2cccc(Cl)c2)c(Cl)c1/C=N\Nc1ccccc1C(=O)O. The molecule has 0 aliphatic carbocycles. The molecular weight excluding hydrogens is 375 g/mol. The highest BCUT2D eigenvalue weighted by Crippen LogP contribution is 2.24. The number of benzene rings is 2. The lowest BCUT2D eigenvalue weighted by molar-refractivity contribution is 0.0698. The summed E-state index contributed by atoms with van der Waals surface area (Å²) in [6, 6.07) is 13.7. The molecule has 1 aromatic heterocycles. The van der Waals surface area contributed by atoms with Crippen LogP contribution in [0, 0.1) is 6.92 Å². The monoisotopic (exact) mass is 388 g/mol. The molecule has 8 heteroatoms. The highest BCUT2D eigenvalue weighted by atomic mass is 35.5. The van der Waals surface area contributed by atoms with Crippen molar-refractivity contribution >= 4 is 41.1 Å². The summed E-state index contributed by atoms with van der Waals surface area (Å²) < 4.78 is 1.56. The zero-order valence-corrected chi connectivity index (χ0v) is 15.2. The molecular formula is C18H14Cl2N4O2. The standard InChI is InChI=1S/C18H14Cl2N4O2/c1-11-15(10-21-22-16-8-3-2-7-14(16)18(25)26)17(20)24(23-11)13-6-4-5-12(19)9-13/h2-10,22H,1H3,(H,25,26)/b21-10-. The van der Waals surface area contributed by atoms with E-state index >= 15 is 0 Å². The summed E-state index contributed by atoms with van der Waals surface area (Å²) in [5, 5.41) is 18.6. The van der Waals surface area contributed by atoms with Crippen molar-refractivity contribution in [1.29, 1.82) is 0 Å². The Labute approximate surface area is 159 Å². The van der Waals surface area contributed by atoms with Gasteiger partial charge in [-0.3, -0.25) is 5.43 Å². The second-order valence-electron chi connectivity index (χ2n) is 5.40. The van der Waals surface area contributed by atoms with Crippen molar-refractivity contribution in [2.75, 3.05) is 5.43 Å². The van der Waals surface area contributed by atoms with E-state index in [-0.39, 0.29) is 5.56 Å². The lowest BCUT2D eigenvalue weighted by atomic mass is 10.2. The lowest BCUT2D eigenvalue weighted by Crippen LogP contribution is -2.02. The predicted molar refractivity (Wildman–Crippen MR) is 103 cm³/mol. The Kier molecular flexibility index (Phi) is 5.25. The number of anilines is 1. The van der Waals surface area contributed by atoms with Crippen LogP contribution in [-0.2, 0) is 0 Å². The molecule has 0 amide bonds. The Balaban J connectivity index is 1.87. The van der Waals surface area contributed by atoms with E-state index in [0.29, 0.717) is 27.1 Å². The van der Waals surface area contributed by atoms with E-state index in [1.807, 2.05) is 12.1 Å². The Morgan fingerprint density at radius 3 is 2.73 bits per heavy atom. The molecule has 2 N–H and O–H groups in total. The summed E-state index contributed by atoms with van der Waals surface area (Å²) in [5.74, 6) is -1.04. The first-order valence-corrected chi connectivity index (χ1v) is 8.35. The molecule has 1 heterocycles. The first-order chi connectivity index (χ1) is 12.5. The molecule has 6 nitrogen and oxygen atoms in total. The van der Waals surface area contributed by atoms with Crippen molar-refractivity contribution in [2.24, 2.45) is 5.10 Å². The van der Waals surface area contributed by atoms with Crippen molar-refractivity contribution in [2.45, 2.75) is 6.92 Å². The van der Waals surface area contributed by atoms with E-state index in [9.17, 15) is 9.90 Å². The molecule has 0 aliphatic heterocycles. The maximum atomic E-state index is 11.2. The van der Waals surface area contributed by atoms with Crippen LogP contribution in [0.15, 0.2) is 53.6 Å². The van der Waals surface area contributed by atoms with Crippen LogP contribution in [0.3, 0.4) is 0 Å². The van der Waals surface area contributed by atoms with Gasteiger partial charge in [-0.2, -0.15) is 10.2 Å². The third-order valence-corrected chi connectivity index (χ3v) is 4.24. The second kappa shape index (κ2) is 7.59. The van der Waals surface area contributed by atoms with Gasteiger partial charge >= 0.3 is 5.97 Å². The normalized spacial score (nSPS) is 11.0. The molecule has 0 fully saturated rings. The minimum absolute atomic E-state index is 0.127.